The zero-order valence-corrected chi connectivity index (χ0v) is 10.3. The van der Waals surface area contributed by atoms with E-state index in [1.54, 1.807) is 6.33 Å². The standard InChI is InChI=1S/C16H13N3/c17-14-15(12-7-3-1-4-8-12)18-11-19-16(14)13-9-5-2-6-10-13/h1-11H,17H2. The van der Waals surface area contributed by atoms with Crippen molar-refractivity contribution in [3.8, 4) is 22.5 Å². The summed E-state index contributed by atoms with van der Waals surface area (Å²) in [5, 5.41) is 0. The molecule has 2 N–H and O–H groups in total. The van der Waals surface area contributed by atoms with Crippen LogP contribution in [0.2, 0.25) is 0 Å². The average molecular weight is 247 g/mol. The minimum Gasteiger partial charge on any atom is -0.395 e. The zero-order chi connectivity index (χ0) is 13.1. The van der Waals surface area contributed by atoms with E-state index in [9.17, 15) is 0 Å². The van der Waals surface area contributed by atoms with E-state index in [-0.39, 0.29) is 0 Å². The molecule has 92 valence electrons. The van der Waals surface area contributed by atoms with Gasteiger partial charge in [-0.1, -0.05) is 60.7 Å². The quantitative estimate of drug-likeness (QED) is 0.755. The Balaban J connectivity index is 2.15. The van der Waals surface area contributed by atoms with Gasteiger partial charge in [0.1, 0.15) is 6.33 Å². The molecule has 0 aliphatic heterocycles. The molecule has 0 aliphatic carbocycles. The Kier molecular flexibility index (Phi) is 2.94. The Bertz CT molecular complexity index is 621. The van der Waals surface area contributed by atoms with Crippen LogP contribution in [0.25, 0.3) is 22.5 Å². The highest BCUT2D eigenvalue weighted by Crippen LogP contribution is 2.30. The van der Waals surface area contributed by atoms with Crippen LogP contribution in [0, 0.1) is 0 Å². The second-order valence-electron chi connectivity index (χ2n) is 4.22. The van der Waals surface area contributed by atoms with Gasteiger partial charge in [0.25, 0.3) is 0 Å². The predicted octanol–water partition coefficient (Wildman–Crippen LogP) is 3.39. The molecule has 0 radical (unpaired) electrons. The molecular formula is C16H13N3. The highest BCUT2D eigenvalue weighted by molar-refractivity contribution is 5.83. The number of aromatic nitrogens is 2. The normalized spacial score (nSPS) is 10.3. The Morgan fingerprint density at radius 3 is 1.47 bits per heavy atom. The summed E-state index contributed by atoms with van der Waals surface area (Å²) in [5.41, 5.74) is 10.4. The van der Waals surface area contributed by atoms with Crippen molar-refractivity contribution in [2.24, 2.45) is 0 Å². The van der Waals surface area contributed by atoms with Crippen LogP contribution >= 0.6 is 0 Å². The van der Waals surface area contributed by atoms with Gasteiger partial charge in [0.05, 0.1) is 17.1 Å². The molecule has 1 aromatic heterocycles. The maximum atomic E-state index is 6.22. The van der Waals surface area contributed by atoms with Crippen molar-refractivity contribution in [2.75, 3.05) is 5.73 Å². The SMILES string of the molecule is Nc1c(-c2ccccc2)ncnc1-c1ccccc1. The summed E-state index contributed by atoms with van der Waals surface area (Å²) in [5.74, 6) is 0. The maximum absolute atomic E-state index is 6.22. The maximum Gasteiger partial charge on any atom is 0.116 e. The van der Waals surface area contributed by atoms with Crippen molar-refractivity contribution >= 4 is 5.69 Å². The van der Waals surface area contributed by atoms with Gasteiger partial charge in [0, 0.05) is 11.1 Å². The molecule has 0 atom stereocenters. The van der Waals surface area contributed by atoms with Gasteiger partial charge in [-0.15, -0.1) is 0 Å². The summed E-state index contributed by atoms with van der Waals surface area (Å²) in [7, 11) is 0. The van der Waals surface area contributed by atoms with E-state index in [1.165, 1.54) is 0 Å². The molecule has 0 fully saturated rings. The number of hydrogen-bond donors (Lipinski definition) is 1. The summed E-state index contributed by atoms with van der Waals surface area (Å²) in [4.78, 5) is 8.60. The van der Waals surface area contributed by atoms with Crippen LogP contribution < -0.4 is 5.73 Å². The molecule has 3 nitrogen and oxygen atoms in total. The van der Waals surface area contributed by atoms with Crippen LogP contribution in [0.5, 0.6) is 0 Å². The second-order valence-corrected chi connectivity index (χ2v) is 4.22. The largest absolute Gasteiger partial charge is 0.395 e. The lowest BCUT2D eigenvalue weighted by atomic mass is 10.1. The van der Waals surface area contributed by atoms with Gasteiger partial charge in [-0.05, 0) is 0 Å². The minimum absolute atomic E-state index is 0.611. The van der Waals surface area contributed by atoms with Crippen molar-refractivity contribution in [2.45, 2.75) is 0 Å². The predicted molar refractivity (Wildman–Crippen MR) is 77.3 cm³/mol. The molecule has 2 aromatic carbocycles. The first-order chi connectivity index (χ1) is 9.36. The van der Waals surface area contributed by atoms with E-state index in [2.05, 4.69) is 9.97 Å². The molecule has 0 aliphatic rings. The number of nitrogens with zero attached hydrogens (tertiary/aromatic N) is 2. The van der Waals surface area contributed by atoms with Crippen LogP contribution in [-0.4, -0.2) is 9.97 Å². The van der Waals surface area contributed by atoms with Crippen molar-refractivity contribution in [3.05, 3.63) is 67.0 Å². The van der Waals surface area contributed by atoms with Crippen molar-refractivity contribution in [1.29, 1.82) is 0 Å². The van der Waals surface area contributed by atoms with Gasteiger partial charge in [-0.25, -0.2) is 9.97 Å². The smallest absolute Gasteiger partial charge is 0.116 e. The summed E-state index contributed by atoms with van der Waals surface area (Å²) >= 11 is 0. The first-order valence-electron chi connectivity index (χ1n) is 6.07. The van der Waals surface area contributed by atoms with Crippen LogP contribution in [0.4, 0.5) is 5.69 Å². The van der Waals surface area contributed by atoms with E-state index in [4.69, 9.17) is 5.73 Å². The van der Waals surface area contributed by atoms with E-state index < -0.39 is 0 Å². The third kappa shape index (κ3) is 2.18. The number of hydrogen-bond acceptors (Lipinski definition) is 3. The van der Waals surface area contributed by atoms with Gasteiger partial charge in [0.15, 0.2) is 0 Å². The number of anilines is 1. The fraction of sp³-hybridized carbons (Fsp3) is 0. The highest BCUT2D eigenvalue weighted by atomic mass is 14.9. The molecule has 0 saturated carbocycles. The number of benzene rings is 2. The molecular weight excluding hydrogens is 234 g/mol. The van der Waals surface area contributed by atoms with Gasteiger partial charge in [-0.3, -0.25) is 0 Å². The van der Waals surface area contributed by atoms with Gasteiger partial charge in [0.2, 0.25) is 0 Å². The first-order valence-corrected chi connectivity index (χ1v) is 6.07. The summed E-state index contributed by atoms with van der Waals surface area (Å²) in [6.07, 6.45) is 1.56. The van der Waals surface area contributed by atoms with Crippen molar-refractivity contribution < 1.29 is 0 Å². The lowest BCUT2D eigenvalue weighted by molar-refractivity contribution is 1.18. The highest BCUT2D eigenvalue weighted by Gasteiger charge is 2.10. The third-order valence-electron chi connectivity index (χ3n) is 2.98. The fourth-order valence-electron chi connectivity index (χ4n) is 2.05. The summed E-state index contributed by atoms with van der Waals surface area (Å²) in [6.45, 7) is 0. The Morgan fingerprint density at radius 2 is 1.05 bits per heavy atom. The van der Waals surface area contributed by atoms with E-state index in [1.807, 2.05) is 60.7 Å². The second kappa shape index (κ2) is 4.90. The Labute approximate surface area is 111 Å². The van der Waals surface area contributed by atoms with Crippen LogP contribution in [0.15, 0.2) is 67.0 Å². The van der Waals surface area contributed by atoms with E-state index >= 15 is 0 Å². The average Bonchev–Trinajstić information content (AvgIpc) is 2.49. The first kappa shape index (κ1) is 11.4. The molecule has 0 saturated heterocycles. The molecule has 0 unspecified atom stereocenters. The molecule has 0 amide bonds. The Hall–Kier alpha value is -2.68. The molecule has 19 heavy (non-hydrogen) atoms. The van der Waals surface area contributed by atoms with Crippen LogP contribution in [0.1, 0.15) is 0 Å². The van der Waals surface area contributed by atoms with Gasteiger partial charge < -0.3 is 5.73 Å². The number of rotatable bonds is 2. The topological polar surface area (TPSA) is 51.8 Å². The molecule has 0 spiro atoms. The zero-order valence-electron chi connectivity index (χ0n) is 10.3. The minimum atomic E-state index is 0.611. The van der Waals surface area contributed by atoms with Crippen molar-refractivity contribution in [3.63, 3.8) is 0 Å². The number of nitrogens with two attached hydrogens (primary N) is 1. The van der Waals surface area contributed by atoms with Gasteiger partial charge >= 0.3 is 0 Å². The molecule has 0 bridgehead atoms. The summed E-state index contributed by atoms with van der Waals surface area (Å²) in [6, 6.07) is 19.8. The van der Waals surface area contributed by atoms with Crippen LogP contribution in [-0.2, 0) is 0 Å². The molecule has 1 heterocycles. The lowest BCUT2D eigenvalue weighted by Crippen LogP contribution is -1.99. The molecule has 3 aromatic rings. The third-order valence-corrected chi connectivity index (χ3v) is 2.98. The fourth-order valence-corrected chi connectivity index (χ4v) is 2.05. The van der Waals surface area contributed by atoms with E-state index in [0.717, 1.165) is 22.5 Å². The lowest BCUT2D eigenvalue weighted by Gasteiger charge is -2.09. The Morgan fingerprint density at radius 1 is 0.632 bits per heavy atom. The van der Waals surface area contributed by atoms with E-state index in [0.29, 0.717) is 5.69 Å². The molecule has 3 heteroatoms. The molecule has 3 rings (SSSR count). The monoisotopic (exact) mass is 247 g/mol. The van der Waals surface area contributed by atoms with Crippen molar-refractivity contribution in [1.82, 2.24) is 9.97 Å². The van der Waals surface area contributed by atoms with Crippen LogP contribution in [0.3, 0.4) is 0 Å². The summed E-state index contributed by atoms with van der Waals surface area (Å²) < 4.78 is 0. The van der Waals surface area contributed by atoms with Gasteiger partial charge in [-0.2, -0.15) is 0 Å². The number of nitrogen functional groups attached to an aromatic ring is 1.